The van der Waals surface area contributed by atoms with Gasteiger partial charge in [-0.2, -0.15) is 34.9 Å². The van der Waals surface area contributed by atoms with Crippen LogP contribution in [0.15, 0.2) is 24.3 Å². The van der Waals surface area contributed by atoms with E-state index in [4.69, 9.17) is 0 Å². The summed E-state index contributed by atoms with van der Waals surface area (Å²) in [5.41, 5.74) is 1.53. The molecule has 0 bridgehead atoms. The predicted molar refractivity (Wildman–Crippen MR) is 104 cm³/mol. The first-order valence-corrected chi connectivity index (χ1v) is 11.6. The summed E-state index contributed by atoms with van der Waals surface area (Å²) in [7, 11) is -7.04. The van der Waals surface area contributed by atoms with Crippen molar-refractivity contribution in [1.82, 2.24) is 18.1 Å². The third kappa shape index (κ3) is 6.60. The molecule has 0 aliphatic carbocycles. The van der Waals surface area contributed by atoms with Crippen LogP contribution < -0.4 is 9.44 Å². The Morgan fingerprint density at radius 3 is 1.38 bits per heavy atom. The first kappa shape index (κ1) is 23.0. The Balaban J connectivity index is 2.74. The number of hydrogen-bond acceptors (Lipinski definition) is 4. The molecule has 0 aromatic heterocycles. The maximum atomic E-state index is 12.2. The molecular weight excluding hydrogens is 376 g/mol. The SMILES string of the molecule is CCN(CC)S(=O)(=O)NCc1cccc(CNS(=O)(=O)N(CC)CC)c1. The van der Waals surface area contributed by atoms with Gasteiger partial charge in [-0.25, -0.2) is 0 Å². The molecule has 0 amide bonds. The van der Waals surface area contributed by atoms with Gasteiger partial charge in [0.15, 0.2) is 0 Å². The van der Waals surface area contributed by atoms with E-state index in [0.29, 0.717) is 26.2 Å². The fraction of sp³-hybridized carbons (Fsp3) is 0.625. The minimum absolute atomic E-state index is 0.148. The zero-order valence-corrected chi connectivity index (χ0v) is 17.5. The molecule has 0 saturated carbocycles. The number of nitrogens with zero attached hydrogens (tertiary/aromatic N) is 2. The standard InChI is InChI=1S/C16H30N4O4S2/c1-5-19(6-2)25(21,22)17-13-15-10-9-11-16(12-15)14-18-26(23,24)20(7-3)8-4/h9-12,17-18H,5-8,13-14H2,1-4H3. The molecule has 2 N–H and O–H groups in total. The Kier molecular flexibility index (Phi) is 9.14. The minimum Gasteiger partial charge on any atom is -0.198 e. The van der Waals surface area contributed by atoms with Crippen LogP contribution in [-0.4, -0.2) is 51.6 Å². The van der Waals surface area contributed by atoms with Gasteiger partial charge in [0.2, 0.25) is 0 Å². The van der Waals surface area contributed by atoms with Crippen molar-refractivity contribution in [2.75, 3.05) is 26.2 Å². The van der Waals surface area contributed by atoms with Gasteiger partial charge in [0, 0.05) is 39.3 Å². The van der Waals surface area contributed by atoms with Crippen molar-refractivity contribution in [3.05, 3.63) is 35.4 Å². The van der Waals surface area contributed by atoms with Crippen LogP contribution >= 0.6 is 0 Å². The molecule has 26 heavy (non-hydrogen) atoms. The second-order valence-corrected chi connectivity index (χ2v) is 9.15. The normalized spacial score (nSPS) is 12.8. The van der Waals surface area contributed by atoms with Gasteiger partial charge in [-0.05, 0) is 11.1 Å². The summed E-state index contributed by atoms with van der Waals surface area (Å²) in [5.74, 6) is 0. The predicted octanol–water partition coefficient (Wildman–Crippen LogP) is 1.04. The Morgan fingerprint density at radius 1 is 0.731 bits per heavy atom. The van der Waals surface area contributed by atoms with Crippen molar-refractivity contribution >= 4 is 20.4 Å². The number of hydrogen-bond donors (Lipinski definition) is 2. The Labute approximate surface area is 157 Å². The van der Waals surface area contributed by atoms with E-state index in [-0.39, 0.29) is 13.1 Å². The molecule has 0 atom stereocenters. The molecule has 8 nitrogen and oxygen atoms in total. The minimum atomic E-state index is -3.52. The molecule has 0 heterocycles. The lowest BCUT2D eigenvalue weighted by molar-refractivity contribution is 0.434. The van der Waals surface area contributed by atoms with Gasteiger partial charge < -0.3 is 0 Å². The fourth-order valence-electron chi connectivity index (χ4n) is 2.51. The molecule has 150 valence electrons. The maximum Gasteiger partial charge on any atom is 0.279 e. The molecule has 0 aliphatic rings. The van der Waals surface area contributed by atoms with Crippen LogP contribution in [0.25, 0.3) is 0 Å². The largest absolute Gasteiger partial charge is 0.279 e. The van der Waals surface area contributed by atoms with E-state index in [9.17, 15) is 16.8 Å². The van der Waals surface area contributed by atoms with Crippen LogP contribution in [0.4, 0.5) is 0 Å². The topological polar surface area (TPSA) is 98.8 Å². The van der Waals surface area contributed by atoms with Gasteiger partial charge in [0.25, 0.3) is 20.4 Å². The Hall–Kier alpha value is -1.04. The summed E-state index contributed by atoms with van der Waals surface area (Å²) in [6.07, 6.45) is 0. The Bertz CT molecular complexity index is 697. The molecule has 10 heteroatoms. The molecule has 1 rings (SSSR count). The van der Waals surface area contributed by atoms with Crippen LogP contribution in [0.3, 0.4) is 0 Å². The van der Waals surface area contributed by atoms with Crippen LogP contribution in [0, 0.1) is 0 Å². The summed E-state index contributed by atoms with van der Waals surface area (Å²) in [4.78, 5) is 0. The zero-order chi connectivity index (χ0) is 19.8. The van der Waals surface area contributed by atoms with Crippen molar-refractivity contribution in [3.8, 4) is 0 Å². The van der Waals surface area contributed by atoms with Gasteiger partial charge in [0.1, 0.15) is 0 Å². The van der Waals surface area contributed by atoms with E-state index in [2.05, 4.69) is 9.44 Å². The van der Waals surface area contributed by atoms with Gasteiger partial charge in [-0.1, -0.05) is 52.0 Å². The number of benzene rings is 1. The highest BCUT2D eigenvalue weighted by Crippen LogP contribution is 2.08. The van der Waals surface area contributed by atoms with Gasteiger partial charge >= 0.3 is 0 Å². The lowest BCUT2D eigenvalue weighted by Crippen LogP contribution is -2.40. The van der Waals surface area contributed by atoms with Gasteiger partial charge in [-0.3, -0.25) is 0 Å². The van der Waals surface area contributed by atoms with Crippen molar-refractivity contribution in [2.24, 2.45) is 0 Å². The molecular formula is C16H30N4O4S2. The van der Waals surface area contributed by atoms with Crippen LogP contribution in [0.2, 0.25) is 0 Å². The van der Waals surface area contributed by atoms with E-state index in [1.54, 1.807) is 52.0 Å². The van der Waals surface area contributed by atoms with E-state index in [1.807, 2.05) is 0 Å². The molecule has 0 unspecified atom stereocenters. The van der Waals surface area contributed by atoms with Gasteiger partial charge in [-0.15, -0.1) is 0 Å². The lowest BCUT2D eigenvalue weighted by Gasteiger charge is -2.19. The monoisotopic (exact) mass is 406 g/mol. The molecule has 0 aliphatic heterocycles. The zero-order valence-electron chi connectivity index (χ0n) is 15.9. The number of nitrogens with one attached hydrogen (secondary N) is 2. The quantitative estimate of drug-likeness (QED) is 0.542. The first-order valence-electron chi connectivity index (χ1n) is 8.77. The maximum absolute atomic E-state index is 12.2. The molecule has 1 aromatic carbocycles. The molecule has 0 saturated heterocycles. The van der Waals surface area contributed by atoms with Crippen LogP contribution in [0.5, 0.6) is 0 Å². The van der Waals surface area contributed by atoms with Crippen LogP contribution in [-0.2, 0) is 33.5 Å². The van der Waals surface area contributed by atoms with E-state index < -0.39 is 20.4 Å². The van der Waals surface area contributed by atoms with Crippen molar-refractivity contribution in [2.45, 2.75) is 40.8 Å². The van der Waals surface area contributed by atoms with E-state index in [1.165, 1.54) is 8.61 Å². The summed E-state index contributed by atoms with van der Waals surface area (Å²) in [6, 6.07) is 7.16. The van der Waals surface area contributed by atoms with Crippen molar-refractivity contribution < 1.29 is 16.8 Å². The number of rotatable bonds is 12. The second kappa shape index (κ2) is 10.3. The second-order valence-electron chi connectivity index (χ2n) is 5.64. The highest BCUT2D eigenvalue weighted by atomic mass is 32.2. The van der Waals surface area contributed by atoms with Crippen molar-refractivity contribution in [3.63, 3.8) is 0 Å². The molecule has 1 aromatic rings. The van der Waals surface area contributed by atoms with E-state index in [0.717, 1.165) is 11.1 Å². The molecule has 0 spiro atoms. The highest BCUT2D eigenvalue weighted by molar-refractivity contribution is 7.87. The van der Waals surface area contributed by atoms with E-state index >= 15 is 0 Å². The highest BCUT2D eigenvalue weighted by Gasteiger charge is 2.19. The molecule has 0 radical (unpaired) electrons. The smallest absolute Gasteiger partial charge is 0.198 e. The first-order chi connectivity index (χ1) is 12.2. The summed E-state index contributed by atoms with van der Waals surface area (Å²) in [5, 5.41) is 0. The Morgan fingerprint density at radius 2 is 1.08 bits per heavy atom. The third-order valence-electron chi connectivity index (χ3n) is 4.00. The summed E-state index contributed by atoms with van der Waals surface area (Å²) >= 11 is 0. The lowest BCUT2D eigenvalue weighted by atomic mass is 10.1. The van der Waals surface area contributed by atoms with Crippen LogP contribution in [0.1, 0.15) is 38.8 Å². The van der Waals surface area contributed by atoms with Gasteiger partial charge in [0.05, 0.1) is 0 Å². The average Bonchev–Trinajstić information content (AvgIpc) is 2.60. The molecule has 0 fully saturated rings. The average molecular weight is 407 g/mol. The van der Waals surface area contributed by atoms with Crippen molar-refractivity contribution in [1.29, 1.82) is 0 Å². The summed E-state index contributed by atoms with van der Waals surface area (Å²) in [6.45, 7) is 9.04. The third-order valence-corrected chi connectivity index (χ3v) is 7.41. The fourth-order valence-corrected chi connectivity index (χ4v) is 4.93. The summed E-state index contributed by atoms with van der Waals surface area (Å²) < 4.78 is 56.5.